The zero-order chi connectivity index (χ0) is 17.4. The van der Waals surface area contributed by atoms with Crippen LogP contribution in [0.5, 0.6) is 0 Å². The number of hydrogen-bond donors (Lipinski definition) is 3. The Morgan fingerprint density at radius 2 is 1.78 bits per heavy atom. The minimum absolute atomic E-state index is 0.171. The zero-order valence-corrected chi connectivity index (χ0v) is 12.5. The van der Waals surface area contributed by atoms with Gasteiger partial charge in [0.15, 0.2) is 6.10 Å². The van der Waals surface area contributed by atoms with Crippen molar-refractivity contribution in [3.8, 4) is 0 Å². The minimum atomic E-state index is -1.21. The Balaban J connectivity index is 2.41. The molecular formula is C14H16FN3O5. The van der Waals surface area contributed by atoms with Crippen molar-refractivity contribution in [3.05, 3.63) is 35.6 Å². The summed E-state index contributed by atoms with van der Waals surface area (Å²) < 4.78 is 17.5. The van der Waals surface area contributed by atoms with E-state index in [1.54, 1.807) is 0 Å². The lowest BCUT2D eigenvalue weighted by atomic mass is 10.2. The molecule has 124 valence electrons. The highest BCUT2D eigenvalue weighted by Gasteiger charge is 2.19. The first-order chi connectivity index (χ1) is 10.8. The lowest BCUT2D eigenvalue weighted by molar-refractivity contribution is -0.153. The molecule has 23 heavy (non-hydrogen) atoms. The fourth-order valence-electron chi connectivity index (χ4n) is 1.42. The van der Waals surface area contributed by atoms with Crippen molar-refractivity contribution in [2.45, 2.75) is 13.0 Å². The maximum absolute atomic E-state index is 12.7. The van der Waals surface area contributed by atoms with Crippen molar-refractivity contribution in [3.63, 3.8) is 0 Å². The molecule has 0 fully saturated rings. The summed E-state index contributed by atoms with van der Waals surface area (Å²) in [5.41, 5.74) is 0.171. The highest BCUT2D eigenvalue weighted by Crippen LogP contribution is 2.02. The van der Waals surface area contributed by atoms with Crippen LogP contribution in [0.25, 0.3) is 0 Å². The van der Waals surface area contributed by atoms with Gasteiger partial charge in [-0.2, -0.15) is 0 Å². The highest BCUT2D eigenvalue weighted by atomic mass is 19.1. The van der Waals surface area contributed by atoms with Gasteiger partial charge in [0.05, 0.1) is 0 Å². The molecule has 0 aliphatic heterocycles. The van der Waals surface area contributed by atoms with Gasteiger partial charge in [-0.1, -0.05) is 0 Å². The van der Waals surface area contributed by atoms with Crippen LogP contribution in [0.3, 0.4) is 0 Å². The van der Waals surface area contributed by atoms with Crippen LogP contribution in [0.1, 0.15) is 17.3 Å². The molecule has 9 heteroatoms. The number of carbonyl (C=O) groups is 4. The number of nitrogens with one attached hydrogen (secondary N) is 3. The molecule has 0 aliphatic carbocycles. The van der Waals surface area contributed by atoms with Gasteiger partial charge in [0.1, 0.15) is 12.4 Å². The SMILES string of the molecule is CNC(=O)NC(=O)[C@@H](C)OC(=O)CNC(=O)c1ccc(F)cc1. The molecule has 0 heterocycles. The largest absolute Gasteiger partial charge is 0.451 e. The Bertz CT molecular complexity index is 603. The predicted octanol–water partition coefficient (Wildman–Crippen LogP) is -0.0572. The van der Waals surface area contributed by atoms with E-state index in [9.17, 15) is 23.6 Å². The van der Waals surface area contributed by atoms with Gasteiger partial charge < -0.3 is 15.4 Å². The normalized spacial score (nSPS) is 11.1. The lowest BCUT2D eigenvalue weighted by Crippen LogP contribution is -2.44. The van der Waals surface area contributed by atoms with Crippen molar-refractivity contribution in [1.29, 1.82) is 0 Å². The van der Waals surface area contributed by atoms with Crippen molar-refractivity contribution >= 4 is 23.8 Å². The average Bonchev–Trinajstić information content (AvgIpc) is 2.52. The van der Waals surface area contributed by atoms with Crippen LogP contribution in [0, 0.1) is 5.82 Å². The quantitative estimate of drug-likeness (QED) is 0.657. The third-order valence-electron chi connectivity index (χ3n) is 2.64. The van der Waals surface area contributed by atoms with E-state index in [4.69, 9.17) is 4.74 Å². The second kappa shape index (κ2) is 8.47. The van der Waals surface area contributed by atoms with Gasteiger partial charge in [-0.3, -0.25) is 19.7 Å². The Kier molecular flexibility index (Phi) is 6.66. The molecular weight excluding hydrogens is 309 g/mol. The zero-order valence-electron chi connectivity index (χ0n) is 12.5. The summed E-state index contributed by atoms with van der Waals surface area (Å²) in [6.45, 7) is 0.797. The number of benzene rings is 1. The van der Waals surface area contributed by atoms with Crippen LogP contribution >= 0.6 is 0 Å². The van der Waals surface area contributed by atoms with Crippen molar-refractivity contribution < 1.29 is 28.3 Å². The molecule has 1 atom stereocenters. The van der Waals surface area contributed by atoms with Crippen LogP contribution in [0.15, 0.2) is 24.3 Å². The number of amides is 4. The topological polar surface area (TPSA) is 114 Å². The summed E-state index contributed by atoms with van der Waals surface area (Å²) in [7, 11) is 1.32. The number of esters is 1. The standard InChI is InChI=1S/C14H16FN3O5/c1-8(12(20)18-14(22)16-2)23-11(19)7-17-13(21)9-3-5-10(15)6-4-9/h3-6,8H,7H2,1-2H3,(H,17,21)(H2,16,18,20,22)/t8-/m1/s1. The maximum Gasteiger partial charge on any atom is 0.326 e. The molecule has 0 aliphatic rings. The second-order valence-electron chi connectivity index (χ2n) is 4.39. The van der Waals surface area contributed by atoms with Gasteiger partial charge in [-0.05, 0) is 31.2 Å². The van der Waals surface area contributed by atoms with Gasteiger partial charge in [0.25, 0.3) is 11.8 Å². The predicted molar refractivity (Wildman–Crippen MR) is 76.9 cm³/mol. The monoisotopic (exact) mass is 325 g/mol. The number of imide groups is 1. The third kappa shape index (κ3) is 6.12. The Hall–Kier alpha value is -2.97. The fourth-order valence-corrected chi connectivity index (χ4v) is 1.42. The third-order valence-corrected chi connectivity index (χ3v) is 2.64. The minimum Gasteiger partial charge on any atom is -0.451 e. The molecule has 1 aromatic carbocycles. The molecule has 8 nitrogen and oxygen atoms in total. The van der Waals surface area contributed by atoms with E-state index in [0.717, 1.165) is 12.1 Å². The molecule has 1 aromatic rings. The van der Waals surface area contributed by atoms with Crippen LogP contribution < -0.4 is 16.0 Å². The average molecular weight is 325 g/mol. The van der Waals surface area contributed by atoms with Gasteiger partial charge in [-0.15, -0.1) is 0 Å². The van der Waals surface area contributed by atoms with Crippen LogP contribution in [-0.4, -0.2) is 43.5 Å². The van der Waals surface area contributed by atoms with Crippen molar-refractivity contribution in [2.75, 3.05) is 13.6 Å². The van der Waals surface area contributed by atoms with Gasteiger partial charge in [0.2, 0.25) is 0 Å². The highest BCUT2D eigenvalue weighted by molar-refractivity contribution is 5.98. The molecule has 0 saturated heterocycles. The summed E-state index contributed by atoms with van der Waals surface area (Å²) in [5.74, 6) is -2.75. The number of halogens is 1. The molecule has 0 spiro atoms. The van der Waals surface area contributed by atoms with Crippen molar-refractivity contribution in [1.82, 2.24) is 16.0 Å². The Morgan fingerprint density at radius 3 is 2.35 bits per heavy atom. The molecule has 3 N–H and O–H groups in total. The first-order valence-corrected chi connectivity index (χ1v) is 6.59. The van der Waals surface area contributed by atoms with Crippen LogP contribution in [0.4, 0.5) is 9.18 Å². The van der Waals surface area contributed by atoms with E-state index in [2.05, 4.69) is 10.6 Å². The Morgan fingerprint density at radius 1 is 1.17 bits per heavy atom. The van der Waals surface area contributed by atoms with Crippen molar-refractivity contribution in [2.24, 2.45) is 0 Å². The Labute approximate surface area is 131 Å². The number of carbonyl (C=O) groups excluding carboxylic acids is 4. The van der Waals surface area contributed by atoms with E-state index in [1.165, 1.54) is 26.1 Å². The summed E-state index contributed by atoms with van der Waals surface area (Å²) >= 11 is 0. The molecule has 1 rings (SSSR count). The van der Waals surface area contributed by atoms with E-state index in [-0.39, 0.29) is 5.56 Å². The first-order valence-electron chi connectivity index (χ1n) is 6.59. The number of hydrogen-bond acceptors (Lipinski definition) is 5. The second-order valence-corrected chi connectivity index (χ2v) is 4.39. The molecule has 0 unspecified atom stereocenters. The molecule has 0 bridgehead atoms. The van der Waals surface area contributed by atoms with E-state index < -0.39 is 42.3 Å². The number of rotatable bonds is 5. The van der Waals surface area contributed by atoms with Gasteiger partial charge >= 0.3 is 12.0 Å². The molecule has 0 saturated carbocycles. The van der Waals surface area contributed by atoms with E-state index >= 15 is 0 Å². The summed E-state index contributed by atoms with van der Waals surface area (Å²) in [5, 5.41) is 6.38. The fraction of sp³-hybridized carbons (Fsp3) is 0.286. The summed E-state index contributed by atoms with van der Waals surface area (Å²) in [6, 6.07) is 4.00. The van der Waals surface area contributed by atoms with Gasteiger partial charge in [-0.25, -0.2) is 9.18 Å². The van der Waals surface area contributed by atoms with E-state index in [1.807, 2.05) is 5.32 Å². The molecule has 4 amide bonds. The van der Waals surface area contributed by atoms with Gasteiger partial charge in [0, 0.05) is 12.6 Å². The van der Waals surface area contributed by atoms with Crippen LogP contribution in [-0.2, 0) is 14.3 Å². The maximum atomic E-state index is 12.7. The molecule has 0 aromatic heterocycles. The number of urea groups is 1. The summed E-state index contributed by atoms with van der Waals surface area (Å²) in [6.07, 6.45) is -1.21. The summed E-state index contributed by atoms with van der Waals surface area (Å²) in [4.78, 5) is 45.6. The smallest absolute Gasteiger partial charge is 0.326 e. The molecule has 0 radical (unpaired) electrons. The van der Waals surface area contributed by atoms with Crippen LogP contribution in [0.2, 0.25) is 0 Å². The first kappa shape index (κ1) is 18.1. The lowest BCUT2D eigenvalue weighted by Gasteiger charge is -2.13. The number of ether oxygens (including phenoxy) is 1. The van der Waals surface area contributed by atoms with E-state index in [0.29, 0.717) is 0 Å².